The lowest BCUT2D eigenvalue weighted by molar-refractivity contribution is 0.157. The molecule has 1 saturated heterocycles. The van der Waals surface area contributed by atoms with Gasteiger partial charge in [-0.3, -0.25) is 4.90 Å². The van der Waals surface area contributed by atoms with Crippen molar-refractivity contribution in [3.05, 3.63) is 35.4 Å². The molecule has 3 nitrogen and oxygen atoms in total. The van der Waals surface area contributed by atoms with E-state index in [4.69, 9.17) is 0 Å². The van der Waals surface area contributed by atoms with Crippen LogP contribution in [0.3, 0.4) is 0 Å². The fraction of sp³-hybridized carbons (Fsp3) is 0.647. The summed E-state index contributed by atoms with van der Waals surface area (Å²) in [6.45, 7) is 6.84. The first-order valence-electron chi connectivity index (χ1n) is 7.91. The first-order valence-corrected chi connectivity index (χ1v) is 7.91. The fourth-order valence-electron chi connectivity index (χ4n) is 2.99. The van der Waals surface area contributed by atoms with Crippen LogP contribution in [0.15, 0.2) is 24.3 Å². The van der Waals surface area contributed by atoms with E-state index in [2.05, 4.69) is 41.4 Å². The first-order chi connectivity index (χ1) is 9.81. The number of nitrogens with one attached hydrogen (secondary N) is 1. The van der Waals surface area contributed by atoms with Gasteiger partial charge in [-0.15, -0.1) is 0 Å². The second kappa shape index (κ2) is 8.40. The van der Waals surface area contributed by atoms with Gasteiger partial charge < -0.3 is 10.4 Å². The minimum absolute atomic E-state index is 0.325. The van der Waals surface area contributed by atoms with Gasteiger partial charge in [0.25, 0.3) is 0 Å². The van der Waals surface area contributed by atoms with Gasteiger partial charge in [-0.25, -0.2) is 0 Å². The summed E-state index contributed by atoms with van der Waals surface area (Å²) in [6, 6.07) is 8.98. The van der Waals surface area contributed by atoms with E-state index in [1.54, 1.807) is 0 Å². The van der Waals surface area contributed by atoms with Gasteiger partial charge in [-0.2, -0.15) is 0 Å². The molecule has 1 atom stereocenters. The third-order valence-electron chi connectivity index (χ3n) is 4.34. The second-order valence-electron chi connectivity index (χ2n) is 5.82. The summed E-state index contributed by atoms with van der Waals surface area (Å²) in [5.74, 6) is 0. The Bertz CT molecular complexity index is 394. The third kappa shape index (κ3) is 4.58. The predicted molar refractivity (Wildman–Crippen MR) is 83.8 cm³/mol. The molecule has 112 valence electrons. The lowest BCUT2D eigenvalue weighted by Gasteiger charge is -2.22. The Hall–Kier alpha value is -0.900. The van der Waals surface area contributed by atoms with Crippen molar-refractivity contribution in [1.82, 2.24) is 10.2 Å². The number of likely N-dealkylation sites (tertiary alicyclic amines) is 1. The first kappa shape index (κ1) is 15.5. The zero-order valence-corrected chi connectivity index (χ0v) is 12.6. The van der Waals surface area contributed by atoms with Gasteiger partial charge in [0.05, 0.1) is 6.61 Å². The van der Waals surface area contributed by atoms with E-state index in [9.17, 15) is 5.11 Å². The van der Waals surface area contributed by atoms with E-state index in [-0.39, 0.29) is 0 Å². The van der Waals surface area contributed by atoms with E-state index >= 15 is 0 Å². The van der Waals surface area contributed by atoms with Crippen LogP contribution in [0.5, 0.6) is 0 Å². The number of nitrogens with zero attached hydrogens (tertiary/aromatic N) is 1. The van der Waals surface area contributed by atoms with Crippen molar-refractivity contribution in [2.75, 3.05) is 26.2 Å². The van der Waals surface area contributed by atoms with E-state index in [0.717, 1.165) is 19.6 Å². The number of unbranched alkanes of at least 4 members (excludes halogenated alkanes) is 1. The van der Waals surface area contributed by atoms with Crippen molar-refractivity contribution in [1.29, 1.82) is 0 Å². The van der Waals surface area contributed by atoms with E-state index in [0.29, 0.717) is 12.6 Å². The number of hydrogen-bond donors (Lipinski definition) is 2. The minimum Gasteiger partial charge on any atom is -0.395 e. The van der Waals surface area contributed by atoms with Gasteiger partial charge in [0.1, 0.15) is 0 Å². The van der Waals surface area contributed by atoms with Gasteiger partial charge in [0, 0.05) is 12.6 Å². The van der Waals surface area contributed by atoms with Crippen LogP contribution in [0.2, 0.25) is 0 Å². The zero-order valence-electron chi connectivity index (χ0n) is 12.6. The average molecular weight is 276 g/mol. The normalized spacial score (nSPS) is 19.6. The largest absolute Gasteiger partial charge is 0.395 e. The molecule has 0 spiro atoms. The average Bonchev–Trinajstić information content (AvgIpc) is 2.92. The number of benzene rings is 1. The predicted octanol–water partition coefficient (Wildman–Crippen LogP) is 2.32. The molecule has 20 heavy (non-hydrogen) atoms. The highest BCUT2D eigenvalue weighted by Gasteiger charge is 2.22. The van der Waals surface area contributed by atoms with Crippen molar-refractivity contribution < 1.29 is 5.11 Å². The number of aliphatic hydroxyl groups excluding tert-OH is 1. The van der Waals surface area contributed by atoms with E-state index in [1.165, 1.54) is 43.4 Å². The third-order valence-corrected chi connectivity index (χ3v) is 4.34. The van der Waals surface area contributed by atoms with Crippen molar-refractivity contribution >= 4 is 0 Å². The summed E-state index contributed by atoms with van der Waals surface area (Å²) in [5.41, 5.74) is 2.76. The molecule has 1 aromatic carbocycles. The molecule has 0 aliphatic carbocycles. The van der Waals surface area contributed by atoms with Crippen molar-refractivity contribution in [3.8, 4) is 0 Å². The Balaban J connectivity index is 1.55. The van der Waals surface area contributed by atoms with Crippen LogP contribution in [-0.2, 0) is 6.54 Å². The lowest BCUT2D eigenvalue weighted by Crippen LogP contribution is -2.33. The molecule has 0 amide bonds. The summed E-state index contributed by atoms with van der Waals surface area (Å²) in [7, 11) is 0. The summed E-state index contributed by atoms with van der Waals surface area (Å²) in [5, 5.41) is 12.8. The smallest absolute Gasteiger partial charge is 0.0586 e. The topological polar surface area (TPSA) is 35.5 Å². The van der Waals surface area contributed by atoms with Crippen LogP contribution in [0, 0.1) is 6.92 Å². The SMILES string of the molecule is Cc1ccccc1CNCCCCN1CCCC1CO. The fourth-order valence-corrected chi connectivity index (χ4v) is 2.99. The molecule has 1 heterocycles. The summed E-state index contributed by atoms with van der Waals surface area (Å²) in [4.78, 5) is 2.45. The molecular weight excluding hydrogens is 248 g/mol. The van der Waals surface area contributed by atoms with Gasteiger partial charge in [0.15, 0.2) is 0 Å². The molecule has 1 aromatic rings. The molecule has 1 aliphatic rings. The van der Waals surface area contributed by atoms with Crippen LogP contribution in [0.25, 0.3) is 0 Å². The summed E-state index contributed by atoms with van der Waals surface area (Å²) < 4.78 is 0. The molecule has 2 rings (SSSR count). The van der Waals surface area contributed by atoms with E-state index in [1.807, 2.05) is 0 Å². The number of aryl methyl sites for hydroxylation is 1. The van der Waals surface area contributed by atoms with Crippen molar-refractivity contribution in [2.45, 2.75) is 45.2 Å². The maximum atomic E-state index is 9.28. The van der Waals surface area contributed by atoms with Gasteiger partial charge in [-0.1, -0.05) is 24.3 Å². The molecule has 1 fully saturated rings. The molecule has 2 N–H and O–H groups in total. The van der Waals surface area contributed by atoms with Gasteiger partial charge in [-0.05, 0) is 63.4 Å². The molecule has 0 bridgehead atoms. The Labute approximate surface area is 123 Å². The second-order valence-corrected chi connectivity index (χ2v) is 5.82. The quantitative estimate of drug-likeness (QED) is 0.715. The number of hydrogen-bond acceptors (Lipinski definition) is 3. The Morgan fingerprint density at radius 2 is 2.15 bits per heavy atom. The van der Waals surface area contributed by atoms with Crippen LogP contribution >= 0.6 is 0 Å². The molecule has 0 aromatic heterocycles. The highest BCUT2D eigenvalue weighted by atomic mass is 16.3. The Kier molecular flexibility index (Phi) is 6.51. The molecule has 0 radical (unpaired) electrons. The zero-order chi connectivity index (χ0) is 14.2. The van der Waals surface area contributed by atoms with Crippen LogP contribution in [0.1, 0.15) is 36.8 Å². The number of rotatable bonds is 8. The maximum absolute atomic E-state index is 9.28. The molecule has 3 heteroatoms. The van der Waals surface area contributed by atoms with E-state index < -0.39 is 0 Å². The summed E-state index contributed by atoms with van der Waals surface area (Å²) in [6.07, 6.45) is 4.84. The molecular formula is C17H28N2O. The standard InChI is InChI=1S/C17H28N2O/c1-15-7-2-3-8-16(15)13-18-10-4-5-11-19-12-6-9-17(19)14-20/h2-3,7-8,17-18,20H,4-6,9-14H2,1H3. The van der Waals surface area contributed by atoms with Crippen LogP contribution in [0.4, 0.5) is 0 Å². The van der Waals surface area contributed by atoms with Crippen LogP contribution < -0.4 is 5.32 Å². The number of aliphatic hydroxyl groups is 1. The lowest BCUT2D eigenvalue weighted by atomic mass is 10.1. The van der Waals surface area contributed by atoms with Gasteiger partial charge in [0.2, 0.25) is 0 Å². The molecule has 1 aliphatic heterocycles. The summed E-state index contributed by atoms with van der Waals surface area (Å²) >= 11 is 0. The monoisotopic (exact) mass is 276 g/mol. The molecule has 0 saturated carbocycles. The van der Waals surface area contributed by atoms with Gasteiger partial charge >= 0.3 is 0 Å². The highest BCUT2D eigenvalue weighted by Crippen LogP contribution is 2.16. The van der Waals surface area contributed by atoms with Crippen LogP contribution in [-0.4, -0.2) is 42.3 Å². The Morgan fingerprint density at radius 3 is 2.95 bits per heavy atom. The van der Waals surface area contributed by atoms with Crippen molar-refractivity contribution in [3.63, 3.8) is 0 Å². The Morgan fingerprint density at radius 1 is 1.30 bits per heavy atom. The maximum Gasteiger partial charge on any atom is 0.0586 e. The minimum atomic E-state index is 0.325. The van der Waals surface area contributed by atoms with Crippen molar-refractivity contribution in [2.24, 2.45) is 0 Å². The highest BCUT2D eigenvalue weighted by molar-refractivity contribution is 5.25. The molecule has 1 unspecified atom stereocenters.